The molecule has 1 aliphatic heterocycles. The molecule has 0 aliphatic carbocycles. The monoisotopic (exact) mass is 180 g/mol. The Bertz CT molecular complexity index is 303. The van der Waals surface area contributed by atoms with Crippen molar-refractivity contribution in [3.05, 3.63) is 5.69 Å². The van der Waals surface area contributed by atoms with E-state index in [0.717, 1.165) is 31.0 Å². The molecule has 4 nitrogen and oxygen atoms in total. The minimum atomic E-state index is 0.849. The Morgan fingerprint density at radius 3 is 3.08 bits per heavy atom. The number of nitrogen functional groups attached to an aromatic ring is 1. The van der Waals surface area contributed by atoms with Crippen LogP contribution in [0.2, 0.25) is 0 Å². The summed E-state index contributed by atoms with van der Waals surface area (Å²) in [5.74, 6) is 0.861. The Hall–Kier alpha value is -1.19. The fraction of sp³-hybridized carbons (Fsp3) is 0.667. The lowest BCUT2D eigenvalue weighted by Crippen LogP contribution is -2.11. The third-order valence-electron chi connectivity index (χ3n) is 2.48. The number of rotatable bonds is 2. The zero-order chi connectivity index (χ0) is 9.26. The number of hydrogen-bond acceptors (Lipinski definition) is 3. The molecule has 0 saturated heterocycles. The molecule has 72 valence electrons. The molecule has 2 rings (SSSR count). The molecular formula is C9H16N4. The highest BCUT2D eigenvalue weighted by molar-refractivity contribution is 5.64. The van der Waals surface area contributed by atoms with Crippen LogP contribution in [-0.2, 0) is 13.0 Å². The van der Waals surface area contributed by atoms with Gasteiger partial charge in [0.25, 0.3) is 0 Å². The summed E-state index contributed by atoms with van der Waals surface area (Å²) in [5.41, 5.74) is 8.02. The summed E-state index contributed by atoms with van der Waals surface area (Å²) in [6.45, 7) is 3.95. The maximum atomic E-state index is 5.96. The van der Waals surface area contributed by atoms with E-state index in [1.165, 1.54) is 18.5 Å². The van der Waals surface area contributed by atoms with Crippen LogP contribution in [0.3, 0.4) is 0 Å². The lowest BCUT2D eigenvalue weighted by molar-refractivity contribution is 0.488. The van der Waals surface area contributed by atoms with Gasteiger partial charge in [-0.25, -0.2) is 0 Å². The number of aryl methyl sites for hydroxylation is 1. The van der Waals surface area contributed by atoms with Gasteiger partial charge in [0.2, 0.25) is 0 Å². The number of anilines is 2. The van der Waals surface area contributed by atoms with Crippen LogP contribution in [0.4, 0.5) is 11.5 Å². The van der Waals surface area contributed by atoms with E-state index in [-0.39, 0.29) is 0 Å². The summed E-state index contributed by atoms with van der Waals surface area (Å²) in [6, 6.07) is 0. The molecule has 0 radical (unpaired) electrons. The Labute approximate surface area is 78.1 Å². The zero-order valence-corrected chi connectivity index (χ0v) is 8.01. The fourth-order valence-electron chi connectivity index (χ4n) is 1.81. The van der Waals surface area contributed by atoms with Crippen LogP contribution in [0, 0.1) is 0 Å². The van der Waals surface area contributed by atoms with Crippen LogP contribution in [0.1, 0.15) is 25.5 Å². The summed E-state index contributed by atoms with van der Waals surface area (Å²) in [5, 5.41) is 7.60. The van der Waals surface area contributed by atoms with Crippen molar-refractivity contribution in [1.29, 1.82) is 0 Å². The van der Waals surface area contributed by atoms with E-state index in [0.29, 0.717) is 0 Å². The first-order chi connectivity index (χ1) is 6.33. The van der Waals surface area contributed by atoms with Crippen molar-refractivity contribution in [1.82, 2.24) is 9.78 Å². The number of fused-ring (bicyclic) bond motifs is 1. The molecule has 0 aromatic carbocycles. The van der Waals surface area contributed by atoms with Crippen molar-refractivity contribution in [2.24, 2.45) is 0 Å². The molecule has 0 fully saturated rings. The van der Waals surface area contributed by atoms with Gasteiger partial charge in [-0.05, 0) is 26.2 Å². The van der Waals surface area contributed by atoms with Crippen LogP contribution in [-0.4, -0.2) is 16.3 Å². The summed E-state index contributed by atoms with van der Waals surface area (Å²) in [4.78, 5) is 0. The minimum absolute atomic E-state index is 0.849. The Morgan fingerprint density at radius 1 is 1.54 bits per heavy atom. The van der Waals surface area contributed by atoms with E-state index in [2.05, 4.69) is 17.3 Å². The lowest BCUT2D eigenvalue weighted by atomic mass is 10.1. The molecule has 0 atom stereocenters. The van der Waals surface area contributed by atoms with E-state index in [4.69, 9.17) is 5.73 Å². The van der Waals surface area contributed by atoms with Gasteiger partial charge in [-0.2, -0.15) is 5.10 Å². The van der Waals surface area contributed by atoms with Gasteiger partial charge in [-0.15, -0.1) is 0 Å². The summed E-state index contributed by atoms with van der Waals surface area (Å²) in [6.07, 6.45) is 3.53. The number of aromatic nitrogens is 2. The van der Waals surface area contributed by atoms with Crippen LogP contribution in [0.25, 0.3) is 0 Å². The van der Waals surface area contributed by atoms with E-state index < -0.39 is 0 Å². The first kappa shape index (κ1) is 8.41. The number of hydrogen-bond donors (Lipinski definition) is 2. The molecule has 4 heteroatoms. The van der Waals surface area contributed by atoms with Gasteiger partial charge in [-0.1, -0.05) is 0 Å². The molecular weight excluding hydrogens is 164 g/mol. The summed E-state index contributed by atoms with van der Waals surface area (Å²) >= 11 is 0. The Morgan fingerprint density at radius 2 is 2.38 bits per heavy atom. The molecule has 0 spiro atoms. The SMILES string of the molecule is CCNc1nn2c(c1N)CCCC2. The van der Waals surface area contributed by atoms with E-state index in [9.17, 15) is 0 Å². The van der Waals surface area contributed by atoms with Gasteiger partial charge in [-0.3, -0.25) is 4.68 Å². The van der Waals surface area contributed by atoms with Crippen molar-refractivity contribution >= 4 is 11.5 Å². The molecule has 0 bridgehead atoms. The highest BCUT2D eigenvalue weighted by Crippen LogP contribution is 2.26. The highest BCUT2D eigenvalue weighted by atomic mass is 15.3. The van der Waals surface area contributed by atoms with Gasteiger partial charge in [0.05, 0.1) is 11.4 Å². The fourth-order valence-corrected chi connectivity index (χ4v) is 1.81. The number of nitrogens with one attached hydrogen (secondary N) is 1. The molecule has 2 heterocycles. The van der Waals surface area contributed by atoms with Crippen molar-refractivity contribution < 1.29 is 0 Å². The molecule has 0 amide bonds. The number of nitrogens with zero attached hydrogens (tertiary/aromatic N) is 2. The quantitative estimate of drug-likeness (QED) is 0.719. The standard InChI is InChI=1S/C9H16N4/c1-2-11-9-8(10)7-5-3-4-6-13(7)12-9/h2-6,10H2,1H3,(H,11,12). The second-order valence-electron chi connectivity index (χ2n) is 3.42. The molecule has 13 heavy (non-hydrogen) atoms. The van der Waals surface area contributed by atoms with Crippen molar-refractivity contribution in [3.63, 3.8) is 0 Å². The van der Waals surface area contributed by atoms with Crippen molar-refractivity contribution in [2.75, 3.05) is 17.6 Å². The molecule has 3 N–H and O–H groups in total. The first-order valence-electron chi connectivity index (χ1n) is 4.92. The van der Waals surface area contributed by atoms with Gasteiger partial charge in [0, 0.05) is 13.1 Å². The summed E-state index contributed by atoms with van der Waals surface area (Å²) < 4.78 is 2.04. The van der Waals surface area contributed by atoms with Crippen LogP contribution in [0.15, 0.2) is 0 Å². The largest absolute Gasteiger partial charge is 0.394 e. The average molecular weight is 180 g/mol. The maximum absolute atomic E-state index is 5.96. The molecule has 0 unspecified atom stereocenters. The second kappa shape index (κ2) is 3.28. The minimum Gasteiger partial charge on any atom is -0.394 e. The zero-order valence-electron chi connectivity index (χ0n) is 8.01. The molecule has 1 aromatic heterocycles. The molecule has 1 aromatic rings. The van der Waals surface area contributed by atoms with Crippen LogP contribution < -0.4 is 11.1 Å². The summed E-state index contributed by atoms with van der Waals surface area (Å²) in [7, 11) is 0. The average Bonchev–Trinajstić information content (AvgIpc) is 2.46. The van der Waals surface area contributed by atoms with Gasteiger partial charge in [0.15, 0.2) is 5.82 Å². The maximum Gasteiger partial charge on any atom is 0.171 e. The van der Waals surface area contributed by atoms with Gasteiger partial charge < -0.3 is 11.1 Å². The third-order valence-corrected chi connectivity index (χ3v) is 2.48. The highest BCUT2D eigenvalue weighted by Gasteiger charge is 2.17. The predicted molar refractivity (Wildman–Crippen MR) is 53.7 cm³/mol. The van der Waals surface area contributed by atoms with Crippen molar-refractivity contribution in [3.8, 4) is 0 Å². The normalized spacial score (nSPS) is 15.5. The van der Waals surface area contributed by atoms with E-state index >= 15 is 0 Å². The molecule has 1 aliphatic rings. The number of nitrogens with two attached hydrogens (primary N) is 1. The van der Waals surface area contributed by atoms with Crippen LogP contribution >= 0.6 is 0 Å². The smallest absolute Gasteiger partial charge is 0.171 e. The predicted octanol–water partition coefficient (Wildman–Crippen LogP) is 1.23. The topological polar surface area (TPSA) is 55.9 Å². The molecule has 0 saturated carbocycles. The Kier molecular flexibility index (Phi) is 2.12. The third kappa shape index (κ3) is 1.36. The van der Waals surface area contributed by atoms with Crippen molar-refractivity contribution in [2.45, 2.75) is 32.7 Å². The van der Waals surface area contributed by atoms with E-state index in [1.807, 2.05) is 4.68 Å². The second-order valence-corrected chi connectivity index (χ2v) is 3.42. The lowest BCUT2D eigenvalue weighted by Gasteiger charge is -2.12. The Balaban J connectivity index is 2.33. The first-order valence-corrected chi connectivity index (χ1v) is 4.92. The van der Waals surface area contributed by atoms with Crippen LogP contribution in [0.5, 0.6) is 0 Å². The van der Waals surface area contributed by atoms with Gasteiger partial charge >= 0.3 is 0 Å². The van der Waals surface area contributed by atoms with E-state index in [1.54, 1.807) is 0 Å². The van der Waals surface area contributed by atoms with Gasteiger partial charge in [0.1, 0.15) is 0 Å².